The van der Waals surface area contributed by atoms with Gasteiger partial charge in [0.25, 0.3) is 0 Å². The maximum Gasteiger partial charge on any atom is 0.421 e. The Labute approximate surface area is 249 Å². The van der Waals surface area contributed by atoms with Gasteiger partial charge in [-0.25, -0.2) is 8.78 Å². The van der Waals surface area contributed by atoms with Crippen molar-refractivity contribution < 1.29 is 22.0 Å². The van der Waals surface area contributed by atoms with Crippen molar-refractivity contribution >= 4 is 58.4 Å². The molecule has 214 valence electrons. The Balaban J connectivity index is 1.66. The van der Waals surface area contributed by atoms with Crippen molar-refractivity contribution in [3.05, 3.63) is 142 Å². The highest BCUT2D eigenvalue weighted by Crippen LogP contribution is 2.54. The minimum atomic E-state index is -5.36. The largest absolute Gasteiger partial charge is 0.421 e. The average Bonchev–Trinajstić information content (AvgIpc) is 3.30. The van der Waals surface area contributed by atoms with Crippen LogP contribution in [0.15, 0.2) is 97.1 Å². The lowest BCUT2D eigenvalue weighted by molar-refractivity contribution is -0.139. The van der Waals surface area contributed by atoms with E-state index in [1.165, 1.54) is 9.80 Å². The molecular weight excluding hydrogens is 569 g/mol. The Morgan fingerprint density at radius 1 is 0.500 bits per heavy atom. The van der Waals surface area contributed by atoms with E-state index in [1.54, 1.807) is 121 Å². The van der Waals surface area contributed by atoms with Crippen molar-refractivity contribution in [2.75, 3.05) is 9.80 Å². The highest BCUT2D eigenvalue weighted by Gasteiger charge is 2.45. The summed E-state index contributed by atoms with van der Waals surface area (Å²) in [6.07, 6.45) is 1.69. The van der Waals surface area contributed by atoms with Gasteiger partial charge in [-0.3, -0.25) is 0 Å². The Kier molecular flexibility index (Phi) is 6.33. The summed E-state index contributed by atoms with van der Waals surface area (Å²) >= 11 is 0. The maximum atomic E-state index is 16.4. The van der Waals surface area contributed by atoms with Gasteiger partial charge < -0.3 is 9.80 Å². The van der Waals surface area contributed by atoms with Crippen LogP contribution in [0.25, 0.3) is 24.3 Å². The van der Waals surface area contributed by atoms with Crippen LogP contribution in [-0.4, -0.2) is 0 Å². The van der Waals surface area contributed by atoms with Crippen molar-refractivity contribution in [3.8, 4) is 6.07 Å². The highest BCUT2D eigenvalue weighted by molar-refractivity contribution is 6.00. The number of halogens is 5. The predicted octanol–water partition coefficient (Wildman–Crippen LogP) is 10.8. The van der Waals surface area contributed by atoms with Crippen molar-refractivity contribution in [2.45, 2.75) is 6.18 Å². The lowest BCUT2D eigenvalue weighted by atomic mass is 9.97. The molecular formula is C36H20F5N3. The zero-order chi connectivity index (χ0) is 30.6. The number of hydrogen-bond acceptors (Lipinski definition) is 3. The molecule has 0 N–H and O–H groups in total. The van der Waals surface area contributed by atoms with Crippen LogP contribution >= 0.6 is 0 Å². The summed E-state index contributed by atoms with van der Waals surface area (Å²) < 4.78 is 77.6. The van der Waals surface area contributed by atoms with E-state index in [9.17, 15) is 18.4 Å². The van der Waals surface area contributed by atoms with Gasteiger partial charge in [0.1, 0.15) is 22.9 Å². The number of alkyl halides is 3. The number of rotatable bonds is 2. The minimum Gasteiger partial charge on any atom is -0.307 e. The number of nitrogens with zero attached hydrogens (tertiary/aromatic N) is 3. The first-order valence-electron chi connectivity index (χ1n) is 13.6. The first kappa shape index (κ1) is 27.2. The molecule has 0 unspecified atom stereocenters. The molecule has 5 aromatic rings. The van der Waals surface area contributed by atoms with Crippen LogP contribution in [0.3, 0.4) is 0 Å². The molecule has 2 aliphatic heterocycles. The van der Waals surface area contributed by atoms with Crippen LogP contribution in [0.2, 0.25) is 0 Å². The third kappa shape index (κ3) is 4.16. The summed E-state index contributed by atoms with van der Waals surface area (Å²) in [6, 6.07) is 28.9. The van der Waals surface area contributed by atoms with E-state index in [-0.39, 0.29) is 11.4 Å². The zero-order valence-electron chi connectivity index (χ0n) is 22.8. The van der Waals surface area contributed by atoms with Gasteiger partial charge in [0, 0.05) is 0 Å². The molecule has 3 nitrogen and oxygen atoms in total. The Morgan fingerprint density at radius 3 is 1.18 bits per heavy atom. The number of fused-ring (bicyclic) bond motifs is 4. The van der Waals surface area contributed by atoms with Crippen LogP contribution in [0.4, 0.5) is 56.1 Å². The molecule has 0 spiro atoms. The van der Waals surface area contributed by atoms with E-state index in [2.05, 4.69) is 0 Å². The molecule has 7 rings (SSSR count). The molecule has 0 aromatic heterocycles. The first-order valence-corrected chi connectivity index (χ1v) is 13.6. The fraction of sp³-hybridized carbons (Fsp3) is 0.0278. The lowest BCUT2D eigenvalue weighted by Crippen LogP contribution is -2.25. The molecule has 0 amide bonds. The molecule has 2 heterocycles. The second-order valence-corrected chi connectivity index (χ2v) is 10.3. The monoisotopic (exact) mass is 589 g/mol. The van der Waals surface area contributed by atoms with E-state index in [1.807, 2.05) is 6.07 Å². The number of nitriles is 1. The van der Waals surface area contributed by atoms with Crippen LogP contribution < -0.4 is 9.80 Å². The second kappa shape index (κ2) is 10.2. The average molecular weight is 590 g/mol. The summed E-state index contributed by atoms with van der Waals surface area (Å²) in [5.74, 6) is -3.88. The molecule has 0 fully saturated rings. The summed E-state index contributed by atoms with van der Waals surface area (Å²) in [6.45, 7) is 0. The standard InChI is InChI=1S/C36H20F5N3/c37-32-31(36(39,40)41)34(43-27-13-5-1-9-22(27)17-18-23-10-2-6-14-28(23)43)26(21-42)35(33(32)38)44-29-15-7-3-11-24(29)19-20-25-12-4-8-16-30(25)44/h1-20H. The number of hydrogen-bond donors (Lipinski definition) is 0. The Morgan fingerprint density at radius 2 is 0.841 bits per heavy atom. The quantitative estimate of drug-likeness (QED) is 0.188. The minimum absolute atomic E-state index is 0.269. The molecule has 2 aliphatic rings. The van der Waals surface area contributed by atoms with Gasteiger partial charge in [-0.15, -0.1) is 0 Å². The molecule has 0 saturated heterocycles. The lowest BCUT2D eigenvalue weighted by Gasteiger charge is -2.34. The fourth-order valence-corrected chi connectivity index (χ4v) is 5.89. The first-order chi connectivity index (χ1) is 21.3. The zero-order valence-corrected chi connectivity index (χ0v) is 22.8. The molecule has 0 atom stereocenters. The fourth-order valence-electron chi connectivity index (χ4n) is 5.89. The number of anilines is 6. The van der Waals surface area contributed by atoms with Crippen LogP contribution in [-0.2, 0) is 6.18 Å². The predicted molar refractivity (Wildman–Crippen MR) is 163 cm³/mol. The molecule has 0 aliphatic carbocycles. The van der Waals surface area contributed by atoms with E-state index in [0.29, 0.717) is 33.6 Å². The molecule has 0 radical (unpaired) electrons. The topological polar surface area (TPSA) is 30.3 Å². The SMILES string of the molecule is N#Cc1c(N2c3ccccc3C=Cc3ccccc32)c(F)c(F)c(C(F)(F)F)c1N1c2ccccc2C=Cc2ccccc21. The summed E-state index contributed by atoms with van der Waals surface area (Å²) in [7, 11) is 0. The van der Waals surface area contributed by atoms with Crippen LogP contribution in [0.1, 0.15) is 33.4 Å². The third-order valence-corrected chi connectivity index (χ3v) is 7.77. The third-order valence-electron chi connectivity index (χ3n) is 7.77. The Bertz CT molecular complexity index is 1970. The number of para-hydroxylation sites is 4. The van der Waals surface area contributed by atoms with E-state index in [0.717, 1.165) is 0 Å². The second-order valence-electron chi connectivity index (χ2n) is 10.3. The van der Waals surface area contributed by atoms with Crippen molar-refractivity contribution in [2.24, 2.45) is 0 Å². The van der Waals surface area contributed by atoms with Crippen molar-refractivity contribution in [1.29, 1.82) is 5.26 Å². The van der Waals surface area contributed by atoms with Gasteiger partial charge in [0.15, 0.2) is 11.6 Å². The Hall–Kier alpha value is -5.68. The highest BCUT2D eigenvalue weighted by atomic mass is 19.4. The van der Waals surface area contributed by atoms with Gasteiger partial charge >= 0.3 is 6.18 Å². The molecule has 5 aromatic carbocycles. The van der Waals surface area contributed by atoms with E-state index >= 15 is 8.78 Å². The molecule has 0 bridgehead atoms. The van der Waals surface area contributed by atoms with Crippen molar-refractivity contribution in [3.63, 3.8) is 0 Å². The summed E-state index contributed by atoms with van der Waals surface area (Å²) in [5, 5.41) is 10.7. The van der Waals surface area contributed by atoms with Crippen LogP contribution in [0, 0.1) is 23.0 Å². The van der Waals surface area contributed by atoms with Gasteiger partial charge in [0.05, 0.1) is 28.4 Å². The van der Waals surface area contributed by atoms with E-state index < -0.39 is 40.3 Å². The summed E-state index contributed by atoms with van der Waals surface area (Å²) in [5.41, 5.74) is -0.425. The summed E-state index contributed by atoms with van der Waals surface area (Å²) in [4.78, 5) is 2.55. The normalized spacial score (nSPS) is 13.3. The smallest absolute Gasteiger partial charge is 0.307 e. The van der Waals surface area contributed by atoms with Gasteiger partial charge in [0.2, 0.25) is 0 Å². The molecule has 0 saturated carbocycles. The maximum absolute atomic E-state index is 16.4. The van der Waals surface area contributed by atoms with Gasteiger partial charge in [-0.1, -0.05) is 97.1 Å². The van der Waals surface area contributed by atoms with E-state index in [4.69, 9.17) is 0 Å². The van der Waals surface area contributed by atoms with Gasteiger partial charge in [-0.2, -0.15) is 18.4 Å². The van der Waals surface area contributed by atoms with Crippen molar-refractivity contribution in [1.82, 2.24) is 0 Å². The van der Waals surface area contributed by atoms with Gasteiger partial charge in [-0.05, 0) is 46.5 Å². The molecule has 44 heavy (non-hydrogen) atoms. The van der Waals surface area contributed by atoms with Crippen LogP contribution in [0.5, 0.6) is 0 Å². The molecule has 8 heteroatoms. The number of benzene rings is 5.